The van der Waals surface area contributed by atoms with Crippen LogP contribution in [0.15, 0.2) is 0 Å². The minimum absolute atomic E-state index is 0.456. The Balaban J connectivity index is 1.47. The van der Waals surface area contributed by atoms with Crippen molar-refractivity contribution < 1.29 is 9.47 Å². The topological polar surface area (TPSA) is 42.5 Å². The van der Waals surface area contributed by atoms with Gasteiger partial charge in [0.05, 0.1) is 25.4 Å². The third-order valence-corrected chi connectivity index (χ3v) is 3.36. The van der Waals surface area contributed by atoms with E-state index >= 15 is 0 Å². The quantitative estimate of drug-likeness (QED) is 0.673. The highest BCUT2D eigenvalue weighted by molar-refractivity contribution is 4.69. The average Bonchev–Trinajstić information content (AvgIpc) is 2.37. The molecular formula is C12H24N2O2. The summed E-state index contributed by atoms with van der Waals surface area (Å²) in [4.78, 5) is 0. The van der Waals surface area contributed by atoms with Crippen molar-refractivity contribution in [2.75, 3.05) is 39.4 Å². The molecule has 0 aliphatic carbocycles. The minimum atomic E-state index is 0.456. The summed E-state index contributed by atoms with van der Waals surface area (Å²) in [7, 11) is 0. The van der Waals surface area contributed by atoms with E-state index in [9.17, 15) is 0 Å². The van der Waals surface area contributed by atoms with E-state index in [2.05, 4.69) is 10.6 Å². The summed E-state index contributed by atoms with van der Waals surface area (Å²) in [6.45, 7) is 5.91. The first-order valence-electron chi connectivity index (χ1n) is 6.60. The van der Waals surface area contributed by atoms with Crippen LogP contribution in [-0.4, -0.2) is 51.6 Å². The number of ether oxygens (including phenoxy) is 2. The standard InChI is InChI=1S/C12H24N2O2/c1-5-13-6-2-11(1)15-9-10-16-12-3-7-14-8-4-12/h11-14H,1-10H2. The molecule has 2 heterocycles. The molecule has 0 aromatic rings. The molecule has 0 unspecified atom stereocenters. The molecule has 0 radical (unpaired) electrons. The second-order valence-electron chi connectivity index (χ2n) is 4.64. The first kappa shape index (κ1) is 12.3. The van der Waals surface area contributed by atoms with Gasteiger partial charge in [-0.25, -0.2) is 0 Å². The third-order valence-electron chi connectivity index (χ3n) is 3.36. The van der Waals surface area contributed by atoms with E-state index in [0.29, 0.717) is 12.2 Å². The van der Waals surface area contributed by atoms with Crippen LogP contribution in [0.3, 0.4) is 0 Å². The van der Waals surface area contributed by atoms with Gasteiger partial charge in [-0.2, -0.15) is 0 Å². The second kappa shape index (κ2) is 7.22. The largest absolute Gasteiger partial charge is 0.376 e. The van der Waals surface area contributed by atoms with Gasteiger partial charge in [-0.1, -0.05) is 0 Å². The molecule has 0 saturated carbocycles. The first-order valence-corrected chi connectivity index (χ1v) is 6.60. The van der Waals surface area contributed by atoms with Gasteiger partial charge in [-0.05, 0) is 51.9 Å². The van der Waals surface area contributed by atoms with Crippen molar-refractivity contribution in [1.29, 1.82) is 0 Å². The Morgan fingerprint density at radius 1 is 0.688 bits per heavy atom. The van der Waals surface area contributed by atoms with E-state index in [0.717, 1.165) is 65.1 Å². The molecule has 0 amide bonds. The van der Waals surface area contributed by atoms with Crippen LogP contribution >= 0.6 is 0 Å². The second-order valence-corrected chi connectivity index (χ2v) is 4.64. The Labute approximate surface area is 98.1 Å². The average molecular weight is 228 g/mol. The van der Waals surface area contributed by atoms with Crippen molar-refractivity contribution >= 4 is 0 Å². The maximum atomic E-state index is 5.79. The summed E-state index contributed by atoms with van der Waals surface area (Å²) in [6, 6.07) is 0. The van der Waals surface area contributed by atoms with Crippen molar-refractivity contribution in [2.24, 2.45) is 0 Å². The zero-order valence-corrected chi connectivity index (χ0v) is 10.0. The van der Waals surface area contributed by atoms with E-state index < -0.39 is 0 Å². The molecule has 2 aliphatic rings. The highest BCUT2D eigenvalue weighted by Gasteiger charge is 2.15. The molecule has 2 fully saturated rings. The number of hydrogen-bond acceptors (Lipinski definition) is 4. The van der Waals surface area contributed by atoms with Crippen LogP contribution in [-0.2, 0) is 9.47 Å². The zero-order valence-electron chi connectivity index (χ0n) is 10.0. The van der Waals surface area contributed by atoms with Crippen LogP contribution in [0.25, 0.3) is 0 Å². The Morgan fingerprint density at radius 2 is 1.06 bits per heavy atom. The molecule has 2 saturated heterocycles. The van der Waals surface area contributed by atoms with Gasteiger partial charge >= 0.3 is 0 Å². The lowest BCUT2D eigenvalue weighted by Crippen LogP contribution is -2.34. The molecule has 4 nitrogen and oxygen atoms in total. The summed E-state index contributed by atoms with van der Waals surface area (Å²) >= 11 is 0. The normalized spacial score (nSPS) is 24.8. The van der Waals surface area contributed by atoms with Gasteiger partial charge in [0.2, 0.25) is 0 Å². The van der Waals surface area contributed by atoms with Gasteiger partial charge in [0, 0.05) is 0 Å². The molecule has 4 heteroatoms. The molecule has 94 valence electrons. The predicted molar refractivity (Wildman–Crippen MR) is 63.7 cm³/mol. The van der Waals surface area contributed by atoms with Crippen molar-refractivity contribution in [3.05, 3.63) is 0 Å². The lowest BCUT2D eigenvalue weighted by atomic mass is 10.1. The molecule has 2 rings (SSSR count). The summed E-state index contributed by atoms with van der Waals surface area (Å²) in [5.74, 6) is 0. The van der Waals surface area contributed by atoms with Gasteiger partial charge in [0.1, 0.15) is 0 Å². The van der Waals surface area contributed by atoms with Gasteiger partial charge in [-0.3, -0.25) is 0 Å². The SMILES string of the molecule is C1CC(OCCOC2CCNCC2)CCN1. The highest BCUT2D eigenvalue weighted by Crippen LogP contribution is 2.09. The van der Waals surface area contributed by atoms with Crippen LogP contribution < -0.4 is 10.6 Å². The monoisotopic (exact) mass is 228 g/mol. The fraction of sp³-hybridized carbons (Fsp3) is 1.00. The molecule has 2 aliphatic heterocycles. The Bertz CT molecular complexity index is 158. The lowest BCUT2D eigenvalue weighted by Gasteiger charge is -2.25. The van der Waals surface area contributed by atoms with Crippen LogP contribution in [0.4, 0.5) is 0 Å². The summed E-state index contributed by atoms with van der Waals surface area (Å²) < 4.78 is 11.6. The minimum Gasteiger partial charge on any atom is -0.376 e. The Hall–Kier alpha value is -0.160. The Kier molecular flexibility index (Phi) is 5.55. The van der Waals surface area contributed by atoms with Gasteiger partial charge < -0.3 is 20.1 Å². The predicted octanol–water partition coefficient (Wildman–Crippen LogP) is 0.524. The molecule has 0 aromatic heterocycles. The fourth-order valence-electron chi connectivity index (χ4n) is 2.35. The van der Waals surface area contributed by atoms with Crippen LogP contribution in [0, 0.1) is 0 Å². The van der Waals surface area contributed by atoms with Crippen molar-refractivity contribution in [3.63, 3.8) is 0 Å². The van der Waals surface area contributed by atoms with Crippen LogP contribution in [0.2, 0.25) is 0 Å². The summed E-state index contributed by atoms with van der Waals surface area (Å²) in [6.07, 6.45) is 5.50. The molecule has 16 heavy (non-hydrogen) atoms. The summed E-state index contributed by atoms with van der Waals surface area (Å²) in [5, 5.41) is 6.68. The number of nitrogens with one attached hydrogen (secondary N) is 2. The van der Waals surface area contributed by atoms with E-state index in [1.54, 1.807) is 0 Å². The number of hydrogen-bond donors (Lipinski definition) is 2. The van der Waals surface area contributed by atoms with Gasteiger partial charge in [0.25, 0.3) is 0 Å². The van der Waals surface area contributed by atoms with Crippen molar-refractivity contribution in [1.82, 2.24) is 10.6 Å². The smallest absolute Gasteiger partial charge is 0.0704 e. The van der Waals surface area contributed by atoms with E-state index in [1.165, 1.54) is 0 Å². The van der Waals surface area contributed by atoms with E-state index in [-0.39, 0.29) is 0 Å². The van der Waals surface area contributed by atoms with Crippen molar-refractivity contribution in [2.45, 2.75) is 37.9 Å². The number of piperidine rings is 2. The van der Waals surface area contributed by atoms with Crippen LogP contribution in [0.1, 0.15) is 25.7 Å². The van der Waals surface area contributed by atoms with Crippen molar-refractivity contribution in [3.8, 4) is 0 Å². The molecule has 2 N–H and O–H groups in total. The Morgan fingerprint density at radius 3 is 1.44 bits per heavy atom. The molecule has 0 bridgehead atoms. The zero-order chi connectivity index (χ0) is 11.1. The fourth-order valence-corrected chi connectivity index (χ4v) is 2.35. The van der Waals surface area contributed by atoms with E-state index in [1.807, 2.05) is 0 Å². The molecule has 0 spiro atoms. The first-order chi connectivity index (χ1) is 7.95. The summed E-state index contributed by atoms with van der Waals surface area (Å²) in [5.41, 5.74) is 0. The molecular weight excluding hydrogens is 204 g/mol. The molecule has 0 aromatic carbocycles. The van der Waals surface area contributed by atoms with Gasteiger partial charge in [0.15, 0.2) is 0 Å². The lowest BCUT2D eigenvalue weighted by molar-refractivity contribution is -0.0366. The highest BCUT2D eigenvalue weighted by atomic mass is 16.5. The van der Waals surface area contributed by atoms with Gasteiger partial charge in [-0.15, -0.1) is 0 Å². The maximum absolute atomic E-state index is 5.79. The maximum Gasteiger partial charge on any atom is 0.0704 e. The van der Waals surface area contributed by atoms with E-state index in [4.69, 9.17) is 9.47 Å². The molecule has 0 atom stereocenters. The third kappa shape index (κ3) is 4.37. The van der Waals surface area contributed by atoms with Crippen LogP contribution in [0.5, 0.6) is 0 Å². The number of rotatable bonds is 5.